The number of carbonyl (C=O) groups excluding carboxylic acids is 1. The van der Waals surface area contributed by atoms with E-state index in [0.29, 0.717) is 6.54 Å². The molecule has 0 aliphatic carbocycles. The number of nitrogens with one attached hydrogen (secondary N) is 2. The number of anilines is 1. The van der Waals surface area contributed by atoms with E-state index in [9.17, 15) is 4.79 Å². The molecule has 2 amide bonds. The van der Waals surface area contributed by atoms with Crippen LogP contribution in [0.4, 0.5) is 10.5 Å². The Hall–Kier alpha value is -3.22. The van der Waals surface area contributed by atoms with Crippen molar-refractivity contribution in [3.05, 3.63) is 60.7 Å². The van der Waals surface area contributed by atoms with Gasteiger partial charge in [-0.1, -0.05) is 30.3 Å². The smallest absolute Gasteiger partial charge is 0.319 e. The molecule has 126 valence electrons. The van der Waals surface area contributed by atoms with Gasteiger partial charge in [0.05, 0.1) is 0 Å². The fourth-order valence-electron chi connectivity index (χ4n) is 3.03. The monoisotopic (exact) mass is 334 g/mol. The number of hydrogen-bond acceptors (Lipinski definition) is 4. The van der Waals surface area contributed by atoms with Crippen molar-refractivity contribution in [2.24, 2.45) is 0 Å². The van der Waals surface area contributed by atoms with E-state index in [1.54, 1.807) is 24.5 Å². The molecule has 7 heteroatoms. The van der Waals surface area contributed by atoms with Crippen LogP contribution in [0.1, 0.15) is 12.2 Å². The Morgan fingerprint density at radius 1 is 1.08 bits per heavy atom. The Morgan fingerprint density at radius 3 is 2.68 bits per heavy atom. The Labute approximate surface area is 145 Å². The van der Waals surface area contributed by atoms with Gasteiger partial charge in [-0.25, -0.2) is 4.79 Å². The molecule has 0 saturated heterocycles. The summed E-state index contributed by atoms with van der Waals surface area (Å²) in [5.74, 6) is 1.81. The van der Waals surface area contributed by atoms with E-state index in [2.05, 4.69) is 30.4 Å². The quantitative estimate of drug-likeness (QED) is 0.770. The zero-order chi connectivity index (χ0) is 17.1. The van der Waals surface area contributed by atoms with Crippen molar-refractivity contribution in [3.8, 4) is 11.4 Å². The summed E-state index contributed by atoms with van der Waals surface area (Å²) in [5.41, 5.74) is 1.75. The van der Waals surface area contributed by atoms with Crippen LogP contribution < -0.4 is 10.6 Å². The molecule has 25 heavy (non-hydrogen) atoms. The van der Waals surface area contributed by atoms with Gasteiger partial charge in [0.2, 0.25) is 0 Å². The van der Waals surface area contributed by atoms with Crippen LogP contribution in [0.3, 0.4) is 0 Å². The normalized spacial score (nSPS) is 16.1. The lowest BCUT2D eigenvalue weighted by molar-refractivity contribution is 0.244. The van der Waals surface area contributed by atoms with Gasteiger partial charge in [-0.2, -0.15) is 0 Å². The molecule has 0 fully saturated rings. The zero-order valence-corrected chi connectivity index (χ0v) is 13.6. The van der Waals surface area contributed by atoms with E-state index in [4.69, 9.17) is 0 Å². The van der Waals surface area contributed by atoms with Gasteiger partial charge >= 0.3 is 6.03 Å². The molecule has 1 aromatic carbocycles. The minimum absolute atomic E-state index is 0.0350. The molecule has 0 bridgehead atoms. The first-order valence-electron chi connectivity index (χ1n) is 8.24. The number of aryl methyl sites for hydroxylation is 1. The van der Waals surface area contributed by atoms with Crippen molar-refractivity contribution in [2.45, 2.75) is 25.4 Å². The topological polar surface area (TPSA) is 84.7 Å². The lowest BCUT2D eigenvalue weighted by Gasteiger charge is -2.25. The standard InChI is InChI=1S/C18H18N6O/c25-18(20-14-8-10-19-11-9-14)21-15-6-7-16-22-23-17(24(16)12-15)13-4-2-1-3-5-13/h1-5,8-11,15H,6-7,12H2,(H2,19,20,21,25)/t15-/m0/s1. The molecule has 2 aromatic heterocycles. The number of hydrogen-bond donors (Lipinski definition) is 2. The Kier molecular flexibility index (Phi) is 4.12. The number of pyridine rings is 1. The van der Waals surface area contributed by atoms with Gasteiger partial charge in [0.25, 0.3) is 0 Å². The van der Waals surface area contributed by atoms with Gasteiger partial charge in [0.15, 0.2) is 5.82 Å². The molecule has 0 spiro atoms. The highest BCUT2D eigenvalue weighted by Crippen LogP contribution is 2.22. The highest BCUT2D eigenvalue weighted by Gasteiger charge is 2.24. The minimum atomic E-state index is -0.214. The lowest BCUT2D eigenvalue weighted by atomic mass is 10.1. The predicted molar refractivity (Wildman–Crippen MR) is 94.0 cm³/mol. The van der Waals surface area contributed by atoms with Crippen LogP contribution in [0.15, 0.2) is 54.9 Å². The summed E-state index contributed by atoms with van der Waals surface area (Å²) < 4.78 is 2.09. The molecular formula is C18H18N6O. The molecule has 3 aromatic rings. The SMILES string of the molecule is O=C(Nc1ccncc1)N[C@H]1CCc2nnc(-c3ccccc3)n2C1. The van der Waals surface area contributed by atoms with Crippen LogP contribution in [0.2, 0.25) is 0 Å². The fourth-order valence-corrected chi connectivity index (χ4v) is 3.03. The summed E-state index contributed by atoms with van der Waals surface area (Å²) in [6, 6.07) is 13.3. The largest absolute Gasteiger partial charge is 0.333 e. The Balaban J connectivity index is 1.46. The summed E-state index contributed by atoms with van der Waals surface area (Å²) in [4.78, 5) is 16.1. The van der Waals surface area contributed by atoms with Gasteiger partial charge in [0.1, 0.15) is 5.82 Å². The van der Waals surface area contributed by atoms with E-state index in [1.807, 2.05) is 30.3 Å². The van der Waals surface area contributed by atoms with E-state index < -0.39 is 0 Å². The average Bonchev–Trinajstić information content (AvgIpc) is 3.06. The van der Waals surface area contributed by atoms with Gasteiger partial charge in [0, 0.05) is 42.7 Å². The third kappa shape index (κ3) is 3.35. The molecule has 1 atom stereocenters. The zero-order valence-electron chi connectivity index (χ0n) is 13.6. The molecule has 0 radical (unpaired) electrons. The number of amides is 2. The first-order chi connectivity index (χ1) is 12.3. The molecule has 2 N–H and O–H groups in total. The third-order valence-corrected chi connectivity index (χ3v) is 4.25. The van der Waals surface area contributed by atoms with Crippen molar-refractivity contribution in [1.82, 2.24) is 25.1 Å². The molecular weight excluding hydrogens is 316 g/mol. The minimum Gasteiger partial charge on any atom is -0.333 e. The molecule has 1 aliphatic rings. The fraction of sp³-hybridized carbons (Fsp3) is 0.222. The van der Waals surface area contributed by atoms with Gasteiger partial charge in [-0.05, 0) is 18.6 Å². The van der Waals surface area contributed by atoms with Crippen molar-refractivity contribution in [1.29, 1.82) is 0 Å². The van der Waals surface area contributed by atoms with Crippen LogP contribution in [-0.2, 0) is 13.0 Å². The van der Waals surface area contributed by atoms with Gasteiger partial charge < -0.3 is 15.2 Å². The third-order valence-electron chi connectivity index (χ3n) is 4.25. The summed E-state index contributed by atoms with van der Waals surface area (Å²) in [6.45, 7) is 0.663. The second-order valence-electron chi connectivity index (χ2n) is 5.99. The van der Waals surface area contributed by atoms with Crippen LogP contribution >= 0.6 is 0 Å². The van der Waals surface area contributed by atoms with E-state index >= 15 is 0 Å². The van der Waals surface area contributed by atoms with Crippen LogP contribution in [0, 0.1) is 0 Å². The van der Waals surface area contributed by atoms with Crippen LogP contribution in [0.5, 0.6) is 0 Å². The van der Waals surface area contributed by atoms with E-state index in [-0.39, 0.29) is 12.1 Å². The highest BCUT2D eigenvalue weighted by atomic mass is 16.2. The molecule has 4 rings (SSSR count). The summed E-state index contributed by atoms with van der Waals surface area (Å²) in [6.07, 6.45) is 4.92. The first kappa shape index (κ1) is 15.3. The second kappa shape index (κ2) is 6.72. The average molecular weight is 334 g/mol. The van der Waals surface area contributed by atoms with Gasteiger partial charge in [-0.15, -0.1) is 10.2 Å². The summed E-state index contributed by atoms with van der Waals surface area (Å²) in [7, 11) is 0. The maximum atomic E-state index is 12.2. The van der Waals surface area contributed by atoms with Crippen molar-refractivity contribution < 1.29 is 4.79 Å². The lowest BCUT2D eigenvalue weighted by Crippen LogP contribution is -2.43. The summed E-state index contributed by atoms with van der Waals surface area (Å²) >= 11 is 0. The number of urea groups is 1. The number of fused-ring (bicyclic) bond motifs is 1. The maximum absolute atomic E-state index is 12.2. The number of rotatable bonds is 3. The number of carbonyl (C=O) groups is 1. The highest BCUT2D eigenvalue weighted by molar-refractivity contribution is 5.89. The second-order valence-corrected chi connectivity index (χ2v) is 5.99. The van der Waals surface area contributed by atoms with Crippen LogP contribution in [0.25, 0.3) is 11.4 Å². The first-order valence-corrected chi connectivity index (χ1v) is 8.24. The molecule has 7 nitrogen and oxygen atoms in total. The molecule has 0 unspecified atom stereocenters. The van der Waals surface area contributed by atoms with Gasteiger partial charge in [-0.3, -0.25) is 4.98 Å². The van der Waals surface area contributed by atoms with Crippen molar-refractivity contribution in [2.75, 3.05) is 5.32 Å². The molecule has 1 aliphatic heterocycles. The maximum Gasteiger partial charge on any atom is 0.319 e. The van der Waals surface area contributed by atoms with Crippen LogP contribution in [-0.4, -0.2) is 31.8 Å². The Bertz CT molecular complexity index is 862. The number of benzene rings is 1. The Morgan fingerprint density at radius 2 is 1.88 bits per heavy atom. The number of nitrogens with zero attached hydrogens (tertiary/aromatic N) is 4. The molecule has 0 saturated carbocycles. The summed E-state index contributed by atoms with van der Waals surface area (Å²) in [5, 5.41) is 14.5. The molecule has 3 heterocycles. The predicted octanol–water partition coefficient (Wildman–Crippen LogP) is 2.48. The number of aromatic nitrogens is 4. The van der Waals surface area contributed by atoms with Crippen molar-refractivity contribution in [3.63, 3.8) is 0 Å². The van der Waals surface area contributed by atoms with Crippen molar-refractivity contribution >= 4 is 11.7 Å². The van der Waals surface area contributed by atoms with E-state index in [1.165, 1.54) is 0 Å². The van der Waals surface area contributed by atoms with E-state index in [0.717, 1.165) is 35.7 Å².